The maximum Gasteiger partial charge on any atom is 0.355 e. The van der Waals surface area contributed by atoms with Crippen molar-refractivity contribution in [2.24, 2.45) is 0 Å². The first kappa shape index (κ1) is 20.0. The van der Waals surface area contributed by atoms with Crippen LogP contribution in [0.1, 0.15) is 39.0 Å². The summed E-state index contributed by atoms with van der Waals surface area (Å²) in [6.07, 6.45) is 0. The molecule has 0 saturated carbocycles. The number of ether oxygens (including phenoxy) is 3. The molecule has 146 valence electrons. The van der Waals surface area contributed by atoms with Crippen molar-refractivity contribution in [3.05, 3.63) is 33.8 Å². The molecule has 10 heteroatoms. The first-order valence-electron chi connectivity index (χ1n) is 8.18. The lowest BCUT2D eigenvalue weighted by Gasteiger charge is -2.21. The van der Waals surface area contributed by atoms with Gasteiger partial charge in [-0.2, -0.15) is 0 Å². The van der Waals surface area contributed by atoms with Crippen LogP contribution in [-0.2, 0) is 19.0 Å². The van der Waals surface area contributed by atoms with Crippen LogP contribution in [0.4, 0.5) is 4.79 Å². The molecule has 2 heterocycles. The lowest BCUT2D eigenvalue weighted by atomic mass is 10.1. The summed E-state index contributed by atoms with van der Waals surface area (Å²) in [6.45, 7) is 4.66. The van der Waals surface area contributed by atoms with E-state index in [0.717, 1.165) is 0 Å². The SMILES string of the molecule is CCOC(=O)C1=C(COC(=O)c2[nH]c(C)c(C(=O)OC)c2C)NC(=O)NC1. The first-order valence-corrected chi connectivity index (χ1v) is 8.18. The molecule has 0 fully saturated rings. The molecule has 0 saturated heterocycles. The van der Waals surface area contributed by atoms with Crippen LogP contribution >= 0.6 is 0 Å². The molecule has 0 unspecified atom stereocenters. The number of urea groups is 1. The summed E-state index contributed by atoms with van der Waals surface area (Å²) in [6, 6.07) is -0.519. The Bertz CT molecular complexity index is 823. The number of nitrogens with one attached hydrogen (secondary N) is 3. The van der Waals surface area contributed by atoms with Gasteiger partial charge in [-0.05, 0) is 26.3 Å². The van der Waals surface area contributed by atoms with Crippen molar-refractivity contribution >= 4 is 23.9 Å². The Morgan fingerprint density at radius 2 is 1.78 bits per heavy atom. The molecule has 0 spiro atoms. The predicted molar refractivity (Wildman–Crippen MR) is 92.1 cm³/mol. The normalized spacial score (nSPS) is 13.6. The minimum atomic E-state index is -0.741. The number of aromatic amines is 1. The molecule has 2 amide bonds. The van der Waals surface area contributed by atoms with Gasteiger partial charge < -0.3 is 29.8 Å². The smallest absolute Gasteiger partial charge is 0.355 e. The minimum Gasteiger partial charge on any atom is -0.465 e. The number of aryl methyl sites for hydroxylation is 1. The highest BCUT2D eigenvalue weighted by atomic mass is 16.5. The Morgan fingerprint density at radius 1 is 1.07 bits per heavy atom. The van der Waals surface area contributed by atoms with E-state index in [-0.39, 0.29) is 42.3 Å². The number of esters is 3. The molecule has 1 aromatic heterocycles. The van der Waals surface area contributed by atoms with Crippen LogP contribution in [0.25, 0.3) is 0 Å². The Hall–Kier alpha value is -3.30. The fourth-order valence-electron chi connectivity index (χ4n) is 2.64. The van der Waals surface area contributed by atoms with Gasteiger partial charge in [0, 0.05) is 5.69 Å². The molecule has 0 bridgehead atoms. The van der Waals surface area contributed by atoms with Gasteiger partial charge in [0.1, 0.15) is 12.3 Å². The minimum absolute atomic E-state index is 0.0370. The van der Waals surface area contributed by atoms with Gasteiger partial charge in [0.25, 0.3) is 0 Å². The zero-order valence-corrected chi connectivity index (χ0v) is 15.5. The second-order valence-electron chi connectivity index (χ2n) is 5.68. The number of aromatic nitrogens is 1. The standard InChI is InChI=1S/C17H21N3O7/c1-5-26-14(21)10-6-18-17(24)20-11(10)7-27-16(23)13-8(2)12(9(3)19-13)15(22)25-4/h19H,5-7H2,1-4H3,(H2,18,20,24). The maximum absolute atomic E-state index is 12.4. The summed E-state index contributed by atoms with van der Waals surface area (Å²) >= 11 is 0. The van der Waals surface area contributed by atoms with E-state index in [9.17, 15) is 19.2 Å². The highest BCUT2D eigenvalue weighted by Gasteiger charge is 2.27. The zero-order chi connectivity index (χ0) is 20.1. The molecule has 0 atom stereocenters. The molecule has 27 heavy (non-hydrogen) atoms. The maximum atomic E-state index is 12.4. The summed E-state index contributed by atoms with van der Waals surface area (Å²) in [7, 11) is 1.25. The number of methoxy groups -OCH3 is 1. The van der Waals surface area contributed by atoms with E-state index in [1.807, 2.05) is 0 Å². The van der Waals surface area contributed by atoms with Gasteiger partial charge in [-0.3, -0.25) is 0 Å². The van der Waals surface area contributed by atoms with Crippen LogP contribution in [0, 0.1) is 13.8 Å². The van der Waals surface area contributed by atoms with Crippen LogP contribution in [0.15, 0.2) is 11.3 Å². The first-order chi connectivity index (χ1) is 12.8. The van der Waals surface area contributed by atoms with Crippen LogP contribution in [0.3, 0.4) is 0 Å². The Kier molecular flexibility index (Phi) is 6.22. The molecule has 0 aromatic carbocycles. The number of carbonyl (C=O) groups excluding carboxylic acids is 4. The van der Waals surface area contributed by atoms with E-state index in [0.29, 0.717) is 11.3 Å². The molecule has 0 radical (unpaired) electrons. The lowest BCUT2D eigenvalue weighted by molar-refractivity contribution is -0.138. The van der Waals surface area contributed by atoms with E-state index in [1.165, 1.54) is 7.11 Å². The van der Waals surface area contributed by atoms with Gasteiger partial charge in [0.05, 0.1) is 37.1 Å². The van der Waals surface area contributed by atoms with Crippen molar-refractivity contribution < 1.29 is 33.4 Å². The Balaban J connectivity index is 2.19. The van der Waals surface area contributed by atoms with Crippen molar-refractivity contribution in [1.82, 2.24) is 15.6 Å². The second-order valence-corrected chi connectivity index (χ2v) is 5.68. The van der Waals surface area contributed by atoms with Crippen molar-refractivity contribution in [3.63, 3.8) is 0 Å². The quantitative estimate of drug-likeness (QED) is 0.489. The number of rotatable bonds is 6. The van der Waals surface area contributed by atoms with Gasteiger partial charge in [0.2, 0.25) is 0 Å². The van der Waals surface area contributed by atoms with Gasteiger partial charge in [-0.1, -0.05) is 0 Å². The average Bonchev–Trinajstić information content (AvgIpc) is 2.93. The van der Waals surface area contributed by atoms with E-state index in [4.69, 9.17) is 14.2 Å². The van der Waals surface area contributed by atoms with Crippen LogP contribution in [0.2, 0.25) is 0 Å². The van der Waals surface area contributed by atoms with Gasteiger partial charge in [-0.25, -0.2) is 19.2 Å². The number of hydrogen-bond donors (Lipinski definition) is 3. The summed E-state index contributed by atoms with van der Waals surface area (Å²) in [5.74, 6) is -1.93. The second kappa shape index (κ2) is 8.39. The largest absolute Gasteiger partial charge is 0.465 e. The third kappa shape index (κ3) is 4.27. The van der Waals surface area contributed by atoms with E-state index < -0.39 is 23.9 Å². The van der Waals surface area contributed by atoms with Gasteiger partial charge in [0.15, 0.2) is 0 Å². The molecule has 10 nitrogen and oxygen atoms in total. The summed E-state index contributed by atoms with van der Waals surface area (Å²) < 4.78 is 14.8. The van der Waals surface area contributed by atoms with Crippen molar-refractivity contribution in [1.29, 1.82) is 0 Å². The molecule has 1 aromatic rings. The van der Waals surface area contributed by atoms with Gasteiger partial charge >= 0.3 is 23.9 Å². The molecule has 1 aliphatic rings. The summed E-state index contributed by atoms with van der Waals surface area (Å²) in [4.78, 5) is 50.5. The number of H-pyrrole nitrogens is 1. The van der Waals surface area contributed by atoms with Crippen LogP contribution in [-0.4, -0.2) is 55.8 Å². The fourth-order valence-corrected chi connectivity index (χ4v) is 2.64. The lowest BCUT2D eigenvalue weighted by Crippen LogP contribution is -2.45. The number of hydrogen-bond acceptors (Lipinski definition) is 7. The molecule has 2 rings (SSSR count). The molecule has 1 aliphatic heterocycles. The topological polar surface area (TPSA) is 136 Å². The number of amides is 2. The fraction of sp³-hybridized carbons (Fsp3) is 0.412. The monoisotopic (exact) mass is 379 g/mol. The van der Waals surface area contributed by atoms with E-state index in [1.54, 1.807) is 20.8 Å². The third-order valence-electron chi connectivity index (χ3n) is 3.95. The molecule has 3 N–H and O–H groups in total. The molecular weight excluding hydrogens is 358 g/mol. The van der Waals surface area contributed by atoms with E-state index in [2.05, 4.69) is 15.6 Å². The van der Waals surface area contributed by atoms with Crippen molar-refractivity contribution in [2.75, 3.05) is 26.9 Å². The van der Waals surface area contributed by atoms with Crippen molar-refractivity contribution in [2.45, 2.75) is 20.8 Å². The third-order valence-corrected chi connectivity index (χ3v) is 3.95. The highest BCUT2D eigenvalue weighted by Crippen LogP contribution is 2.20. The molecule has 0 aliphatic carbocycles. The van der Waals surface area contributed by atoms with Crippen LogP contribution < -0.4 is 10.6 Å². The Morgan fingerprint density at radius 3 is 2.41 bits per heavy atom. The van der Waals surface area contributed by atoms with E-state index >= 15 is 0 Å². The summed E-state index contributed by atoms with van der Waals surface area (Å²) in [5, 5.41) is 4.89. The Labute approximate surface area is 155 Å². The van der Waals surface area contributed by atoms with Crippen molar-refractivity contribution in [3.8, 4) is 0 Å². The van der Waals surface area contributed by atoms with Crippen LogP contribution in [0.5, 0.6) is 0 Å². The van der Waals surface area contributed by atoms with Gasteiger partial charge in [-0.15, -0.1) is 0 Å². The highest BCUT2D eigenvalue weighted by molar-refractivity contribution is 5.98. The zero-order valence-electron chi connectivity index (χ0n) is 15.5. The summed E-state index contributed by atoms with van der Waals surface area (Å²) in [5.41, 5.74) is 1.50. The number of carbonyl (C=O) groups is 4. The average molecular weight is 379 g/mol. The predicted octanol–water partition coefficient (Wildman–Crippen LogP) is 0.705. The molecular formula is C17H21N3O7.